The molecule has 0 rings (SSSR count). The molecule has 0 spiro atoms. The average molecular weight is 172 g/mol. The summed E-state index contributed by atoms with van der Waals surface area (Å²) in [5, 5.41) is 0. The highest BCUT2D eigenvalue weighted by molar-refractivity contribution is 5.72. The summed E-state index contributed by atoms with van der Waals surface area (Å²) in [5.41, 5.74) is 0. The number of rotatable bonds is 5. The Balaban J connectivity index is 3.77. The topological polar surface area (TPSA) is 43.4 Å². The fourth-order valence-electron chi connectivity index (χ4n) is 0.994. The molecule has 0 aliphatic rings. The molecule has 0 fully saturated rings. The normalized spacial score (nSPS) is 14.9. The van der Waals surface area contributed by atoms with Crippen molar-refractivity contribution in [3.05, 3.63) is 0 Å². The highest BCUT2D eigenvalue weighted by Gasteiger charge is 2.16. The maximum absolute atomic E-state index is 11.1. The van der Waals surface area contributed by atoms with Gasteiger partial charge < -0.3 is 9.53 Å². The lowest BCUT2D eigenvalue weighted by molar-refractivity contribution is -0.147. The molecule has 0 heterocycles. The molecule has 0 aliphatic heterocycles. The van der Waals surface area contributed by atoms with Crippen molar-refractivity contribution in [2.45, 2.75) is 27.2 Å². The lowest BCUT2D eigenvalue weighted by atomic mass is 9.99. The summed E-state index contributed by atoms with van der Waals surface area (Å²) in [6.07, 6.45) is 1.43. The van der Waals surface area contributed by atoms with E-state index in [9.17, 15) is 9.59 Å². The zero-order valence-electron chi connectivity index (χ0n) is 7.87. The maximum Gasteiger partial charge on any atom is 0.308 e. The van der Waals surface area contributed by atoms with Crippen LogP contribution in [0.2, 0.25) is 0 Å². The van der Waals surface area contributed by atoms with E-state index in [1.165, 1.54) is 0 Å². The number of carbonyl (C=O) groups is 2. The number of ether oxygens (including phenoxy) is 1. The molecule has 0 bridgehead atoms. The minimum Gasteiger partial charge on any atom is -0.466 e. The molecule has 3 heteroatoms. The molecular weight excluding hydrogens is 156 g/mol. The second-order valence-electron chi connectivity index (χ2n) is 3.00. The summed E-state index contributed by atoms with van der Waals surface area (Å²) >= 11 is 0. The molecular formula is C9H16O3. The number of aldehydes is 1. The summed E-state index contributed by atoms with van der Waals surface area (Å²) in [5.74, 6) is -0.458. The van der Waals surface area contributed by atoms with Crippen LogP contribution in [0.5, 0.6) is 0 Å². The Morgan fingerprint density at radius 1 is 1.50 bits per heavy atom. The number of esters is 1. The van der Waals surface area contributed by atoms with Crippen LogP contribution >= 0.6 is 0 Å². The second-order valence-corrected chi connectivity index (χ2v) is 3.00. The number of hydrogen-bond donors (Lipinski definition) is 0. The first-order chi connectivity index (χ1) is 5.61. The standard InChI is InChI=1S/C9H16O3/c1-4-12-9(11)8(3)5-7(2)6-10/h6-8H,4-5H2,1-3H3. The van der Waals surface area contributed by atoms with Gasteiger partial charge in [0.1, 0.15) is 6.29 Å². The van der Waals surface area contributed by atoms with Gasteiger partial charge in [-0.15, -0.1) is 0 Å². The molecule has 0 amide bonds. The van der Waals surface area contributed by atoms with Crippen LogP contribution in [0.25, 0.3) is 0 Å². The van der Waals surface area contributed by atoms with Crippen LogP contribution in [0.3, 0.4) is 0 Å². The Labute approximate surface area is 73.1 Å². The van der Waals surface area contributed by atoms with Crippen LogP contribution in [0.4, 0.5) is 0 Å². The molecule has 0 N–H and O–H groups in total. The van der Waals surface area contributed by atoms with Crippen LogP contribution in [-0.4, -0.2) is 18.9 Å². The van der Waals surface area contributed by atoms with E-state index in [-0.39, 0.29) is 17.8 Å². The molecule has 12 heavy (non-hydrogen) atoms. The molecule has 0 aromatic heterocycles. The van der Waals surface area contributed by atoms with Gasteiger partial charge in [0.05, 0.1) is 12.5 Å². The molecule has 0 saturated heterocycles. The minimum atomic E-state index is -0.216. The first-order valence-electron chi connectivity index (χ1n) is 4.23. The monoisotopic (exact) mass is 172 g/mol. The number of hydrogen-bond acceptors (Lipinski definition) is 3. The molecule has 0 radical (unpaired) electrons. The SMILES string of the molecule is CCOC(=O)C(C)CC(C)C=O. The smallest absolute Gasteiger partial charge is 0.308 e. The molecule has 0 aromatic rings. The summed E-state index contributed by atoms with van der Waals surface area (Å²) in [4.78, 5) is 21.3. The van der Waals surface area contributed by atoms with E-state index < -0.39 is 0 Å². The van der Waals surface area contributed by atoms with Gasteiger partial charge in [0, 0.05) is 5.92 Å². The highest BCUT2D eigenvalue weighted by atomic mass is 16.5. The van der Waals surface area contributed by atoms with Crippen LogP contribution in [0, 0.1) is 11.8 Å². The van der Waals surface area contributed by atoms with E-state index in [1.807, 2.05) is 0 Å². The van der Waals surface area contributed by atoms with Crippen LogP contribution in [0.1, 0.15) is 27.2 Å². The van der Waals surface area contributed by atoms with E-state index >= 15 is 0 Å². The van der Waals surface area contributed by atoms with Gasteiger partial charge >= 0.3 is 5.97 Å². The fourth-order valence-corrected chi connectivity index (χ4v) is 0.994. The van der Waals surface area contributed by atoms with E-state index in [0.717, 1.165) is 6.29 Å². The van der Waals surface area contributed by atoms with Crippen molar-refractivity contribution in [1.29, 1.82) is 0 Å². The van der Waals surface area contributed by atoms with Gasteiger partial charge in [-0.25, -0.2) is 0 Å². The van der Waals surface area contributed by atoms with E-state index in [4.69, 9.17) is 4.74 Å². The highest BCUT2D eigenvalue weighted by Crippen LogP contribution is 2.11. The van der Waals surface area contributed by atoms with Gasteiger partial charge in [-0.1, -0.05) is 13.8 Å². The zero-order valence-corrected chi connectivity index (χ0v) is 7.87. The van der Waals surface area contributed by atoms with E-state index in [1.54, 1.807) is 20.8 Å². The van der Waals surface area contributed by atoms with Gasteiger partial charge in [-0.2, -0.15) is 0 Å². The van der Waals surface area contributed by atoms with Gasteiger partial charge in [-0.05, 0) is 13.3 Å². The van der Waals surface area contributed by atoms with Crippen molar-refractivity contribution in [3.63, 3.8) is 0 Å². The number of carbonyl (C=O) groups excluding carboxylic acids is 2. The van der Waals surface area contributed by atoms with Crippen molar-refractivity contribution >= 4 is 12.3 Å². The summed E-state index contributed by atoms with van der Waals surface area (Å²) < 4.78 is 4.79. The van der Waals surface area contributed by atoms with Crippen molar-refractivity contribution in [2.24, 2.45) is 11.8 Å². The minimum absolute atomic E-state index is 0.0654. The first-order valence-corrected chi connectivity index (χ1v) is 4.23. The molecule has 0 aromatic carbocycles. The van der Waals surface area contributed by atoms with Gasteiger partial charge in [-0.3, -0.25) is 4.79 Å². The lowest BCUT2D eigenvalue weighted by Gasteiger charge is -2.11. The molecule has 3 nitrogen and oxygen atoms in total. The quantitative estimate of drug-likeness (QED) is 0.465. The van der Waals surface area contributed by atoms with E-state index in [2.05, 4.69) is 0 Å². The Morgan fingerprint density at radius 2 is 2.08 bits per heavy atom. The van der Waals surface area contributed by atoms with Crippen LogP contribution in [-0.2, 0) is 14.3 Å². The zero-order chi connectivity index (χ0) is 9.56. The third-order valence-electron chi connectivity index (χ3n) is 1.65. The Bertz CT molecular complexity index is 154. The first kappa shape index (κ1) is 11.1. The summed E-state index contributed by atoms with van der Waals surface area (Å²) in [6.45, 7) is 5.74. The van der Waals surface area contributed by atoms with Crippen molar-refractivity contribution < 1.29 is 14.3 Å². The van der Waals surface area contributed by atoms with Crippen molar-refractivity contribution in [3.8, 4) is 0 Å². The molecule has 70 valence electrons. The largest absolute Gasteiger partial charge is 0.466 e. The van der Waals surface area contributed by atoms with Crippen LogP contribution < -0.4 is 0 Å². The third kappa shape index (κ3) is 4.11. The summed E-state index contributed by atoms with van der Waals surface area (Å²) in [7, 11) is 0. The molecule has 0 saturated carbocycles. The summed E-state index contributed by atoms with van der Waals surface area (Å²) in [6, 6.07) is 0. The Kier molecular flexibility index (Phi) is 5.34. The predicted octanol–water partition coefficient (Wildman–Crippen LogP) is 1.41. The fraction of sp³-hybridized carbons (Fsp3) is 0.778. The van der Waals surface area contributed by atoms with Gasteiger partial charge in [0.15, 0.2) is 0 Å². The van der Waals surface area contributed by atoms with Gasteiger partial charge in [0.25, 0.3) is 0 Å². The third-order valence-corrected chi connectivity index (χ3v) is 1.65. The Morgan fingerprint density at radius 3 is 2.50 bits per heavy atom. The van der Waals surface area contributed by atoms with Crippen molar-refractivity contribution in [2.75, 3.05) is 6.61 Å². The molecule has 0 aliphatic carbocycles. The lowest BCUT2D eigenvalue weighted by Crippen LogP contribution is -2.17. The van der Waals surface area contributed by atoms with Crippen molar-refractivity contribution in [1.82, 2.24) is 0 Å². The van der Waals surface area contributed by atoms with Crippen LogP contribution in [0.15, 0.2) is 0 Å². The predicted molar refractivity (Wildman–Crippen MR) is 45.6 cm³/mol. The van der Waals surface area contributed by atoms with Gasteiger partial charge in [0.2, 0.25) is 0 Å². The van der Waals surface area contributed by atoms with E-state index in [0.29, 0.717) is 13.0 Å². The molecule has 2 unspecified atom stereocenters. The molecule has 2 atom stereocenters. The average Bonchev–Trinajstić information content (AvgIpc) is 2.04. The maximum atomic E-state index is 11.1. The second kappa shape index (κ2) is 5.75. The Hall–Kier alpha value is -0.860.